The summed E-state index contributed by atoms with van der Waals surface area (Å²) in [6.45, 7) is 0.504. The number of fused-ring (bicyclic) bond motifs is 1. The van der Waals surface area contributed by atoms with E-state index in [9.17, 15) is 10.2 Å². The molecule has 2 N–H and O–H groups in total. The molecular weight excluding hydrogens is 344 g/mol. The van der Waals surface area contributed by atoms with Crippen molar-refractivity contribution in [1.82, 2.24) is 0 Å². The van der Waals surface area contributed by atoms with Crippen LogP contribution in [0.2, 0.25) is 0 Å². The third kappa shape index (κ3) is 6.10. The zero-order chi connectivity index (χ0) is 19.0. The predicted molar refractivity (Wildman–Crippen MR) is 92.2 cm³/mol. The van der Waals surface area contributed by atoms with Crippen molar-refractivity contribution in [2.24, 2.45) is 0 Å². The summed E-state index contributed by atoms with van der Waals surface area (Å²) in [7, 11) is 4.76. The van der Waals surface area contributed by atoms with Gasteiger partial charge < -0.3 is 38.6 Å². The Hall–Kier alpha value is -0.320. The maximum atomic E-state index is 9.86. The molecular formula is C18H34O8. The van der Waals surface area contributed by atoms with Crippen molar-refractivity contribution in [3.05, 3.63) is 0 Å². The number of hydrogen-bond acceptors (Lipinski definition) is 8. The van der Waals surface area contributed by atoms with E-state index in [2.05, 4.69) is 0 Å². The van der Waals surface area contributed by atoms with Gasteiger partial charge in [-0.3, -0.25) is 0 Å². The molecule has 0 aromatic carbocycles. The van der Waals surface area contributed by atoms with E-state index >= 15 is 0 Å². The van der Waals surface area contributed by atoms with Crippen molar-refractivity contribution < 1.29 is 38.6 Å². The zero-order valence-electron chi connectivity index (χ0n) is 16.1. The number of ether oxygens (including phenoxy) is 6. The summed E-state index contributed by atoms with van der Waals surface area (Å²) in [4.78, 5) is 0. The summed E-state index contributed by atoms with van der Waals surface area (Å²) in [6, 6.07) is 0. The fraction of sp³-hybridized carbons (Fsp3) is 1.00. The van der Waals surface area contributed by atoms with Crippen molar-refractivity contribution in [2.75, 3.05) is 27.9 Å². The highest BCUT2D eigenvalue weighted by atomic mass is 16.9. The lowest BCUT2D eigenvalue weighted by molar-refractivity contribution is -0.355. The summed E-state index contributed by atoms with van der Waals surface area (Å²) in [5.74, 6) is -0.914. The molecule has 154 valence electrons. The highest BCUT2D eigenvalue weighted by Gasteiger charge is 2.56. The van der Waals surface area contributed by atoms with E-state index in [1.165, 1.54) is 6.42 Å². The number of hydrogen-bond donors (Lipinski definition) is 2. The number of unbranched alkanes of at least 4 members (excludes halogenated alkanes) is 6. The molecule has 2 aliphatic heterocycles. The number of aliphatic hydroxyl groups excluding tert-OH is 2. The average Bonchev–Trinajstić information content (AvgIpc) is 3.44. The molecule has 0 spiro atoms. The topological polar surface area (TPSA) is 99.1 Å². The molecule has 0 bridgehead atoms. The van der Waals surface area contributed by atoms with E-state index in [-0.39, 0.29) is 0 Å². The second kappa shape index (κ2) is 10.9. The average molecular weight is 378 g/mol. The van der Waals surface area contributed by atoms with Crippen LogP contribution in [0.5, 0.6) is 0 Å². The second-order valence-corrected chi connectivity index (χ2v) is 6.85. The molecule has 5 unspecified atom stereocenters. The van der Waals surface area contributed by atoms with Crippen LogP contribution in [-0.4, -0.2) is 75.0 Å². The maximum absolute atomic E-state index is 9.86. The van der Waals surface area contributed by atoms with Gasteiger partial charge in [-0.15, -0.1) is 0 Å². The molecule has 0 amide bonds. The van der Waals surface area contributed by atoms with Crippen LogP contribution in [0.1, 0.15) is 51.4 Å². The fourth-order valence-electron chi connectivity index (χ4n) is 3.25. The van der Waals surface area contributed by atoms with Crippen LogP contribution in [0.15, 0.2) is 0 Å². The van der Waals surface area contributed by atoms with Crippen molar-refractivity contribution in [3.8, 4) is 0 Å². The van der Waals surface area contributed by atoms with Gasteiger partial charge in [0.15, 0.2) is 12.6 Å². The molecule has 8 heteroatoms. The number of epoxide rings is 1. The Balaban J connectivity index is 1.42. The Bertz CT molecular complexity index is 381. The third-order valence-electron chi connectivity index (χ3n) is 5.06. The minimum Gasteiger partial charge on any atom is -0.387 e. The van der Waals surface area contributed by atoms with Crippen molar-refractivity contribution in [1.29, 1.82) is 0 Å². The Morgan fingerprint density at radius 1 is 0.769 bits per heavy atom. The highest BCUT2D eigenvalue weighted by molar-refractivity contribution is 4.94. The van der Waals surface area contributed by atoms with Crippen LogP contribution >= 0.6 is 0 Å². The molecule has 0 aromatic rings. The van der Waals surface area contributed by atoms with Crippen LogP contribution in [0.3, 0.4) is 0 Å². The van der Waals surface area contributed by atoms with E-state index in [4.69, 9.17) is 28.4 Å². The molecule has 0 saturated carbocycles. The number of methoxy groups -OCH3 is 3. The Morgan fingerprint density at radius 3 is 1.96 bits per heavy atom. The van der Waals surface area contributed by atoms with E-state index in [1.807, 2.05) is 0 Å². The molecule has 2 fully saturated rings. The maximum Gasteiger partial charge on any atom is 0.282 e. The summed E-state index contributed by atoms with van der Waals surface area (Å²) >= 11 is 0. The molecule has 5 atom stereocenters. The Labute approximate surface area is 155 Å². The van der Waals surface area contributed by atoms with Crippen molar-refractivity contribution in [2.45, 2.75) is 88.2 Å². The molecule has 2 aliphatic rings. The minimum atomic E-state index is -1.04. The smallest absolute Gasteiger partial charge is 0.282 e. The second-order valence-electron chi connectivity index (χ2n) is 6.85. The first-order valence-corrected chi connectivity index (χ1v) is 9.51. The summed E-state index contributed by atoms with van der Waals surface area (Å²) in [5.41, 5.74) is 0. The minimum absolute atomic E-state index is 0.397. The fourth-order valence-corrected chi connectivity index (χ4v) is 3.25. The van der Waals surface area contributed by atoms with Crippen LogP contribution in [-0.2, 0) is 28.4 Å². The lowest BCUT2D eigenvalue weighted by Gasteiger charge is -2.28. The first kappa shape index (κ1) is 22.0. The molecule has 0 radical (unpaired) electrons. The SMILES string of the molecule is COC(CCCCCCCCCOC1OC2OC2C(O)C1O)(OC)OC. The number of aliphatic hydroxyl groups is 2. The summed E-state index contributed by atoms with van der Waals surface area (Å²) in [5, 5.41) is 19.6. The van der Waals surface area contributed by atoms with Crippen LogP contribution in [0.4, 0.5) is 0 Å². The normalized spacial score (nSPS) is 31.0. The monoisotopic (exact) mass is 378 g/mol. The van der Waals surface area contributed by atoms with Gasteiger partial charge in [0.2, 0.25) is 0 Å². The first-order valence-electron chi connectivity index (χ1n) is 9.51. The van der Waals surface area contributed by atoms with Crippen molar-refractivity contribution in [3.63, 3.8) is 0 Å². The first-order chi connectivity index (χ1) is 12.6. The predicted octanol–water partition coefficient (Wildman–Crippen LogP) is 1.52. The van der Waals surface area contributed by atoms with Gasteiger partial charge in [-0.25, -0.2) is 0 Å². The van der Waals surface area contributed by atoms with Crippen LogP contribution in [0.25, 0.3) is 0 Å². The molecule has 0 aliphatic carbocycles. The lowest BCUT2D eigenvalue weighted by Crippen LogP contribution is -2.48. The molecule has 2 heterocycles. The van der Waals surface area contributed by atoms with E-state index < -0.39 is 36.9 Å². The van der Waals surface area contributed by atoms with Gasteiger partial charge in [0.1, 0.15) is 18.3 Å². The zero-order valence-corrected chi connectivity index (χ0v) is 16.1. The van der Waals surface area contributed by atoms with Gasteiger partial charge in [0.25, 0.3) is 5.97 Å². The van der Waals surface area contributed by atoms with E-state index in [0.717, 1.165) is 38.5 Å². The van der Waals surface area contributed by atoms with Gasteiger partial charge >= 0.3 is 0 Å². The summed E-state index contributed by atoms with van der Waals surface area (Å²) in [6.07, 6.45) is 4.65. The van der Waals surface area contributed by atoms with Crippen LogP contribution in [0, 0.1) is 0 Å². The van der Waals surface area contributed by atoms with E-state index in [0.29, 0.717) is 13.0 Å². The van der Waals surface area contributed by atoms with E-state index in [1.54, 1.807) is 21.3 Å². The van der Waals surface area contributed by atoms with Gasteiger partial charge in [-0.1, -0.05) is 32.1 Å². The van der Waals surface area contributed by atoms with Crippen molar-refractivity contribution >= 4 is 0 Å². The molecule has 2 rings (SSSR count). The lowest BCUT2D eigenvalue weighted by atomic mass is 10.1. The molecule has 26 heavy (non-hydrogen) atoms. The molecule has 0 aromatic heterocycles. The summed E-state index contributed by atoms with van der Waals surface area (Å²) < 4.78 is 31.8. The Morgan fingerprint density at radius 2 is 1.35 bits per heavy atom. The quantitative estimate of drug-likeness (QED) is 0.267. The highest BCUT2D eigenvalue weighted by Crippen LogP contribution is 2.36. The van der Waals surface area contributed by atoms with Gasteiger partial charge in [-0.2, -0.15) is 0 Å². The third-order valence-corrected chi connectivity index (χ3v) is 5.06. The Kier molecular flexibility index (Phi) is 9.19. The molecule has 8 nitrogen and oxygen atoms in total. The van der Waals surface area contributed by atoms with Gasteiger partial charge in [-0.05, 0) is 12.8 Å². The van der Waals surface area contributed by atoms with Crippen LogP contribution < -0.4 is 0 Å². The molecule has 2 saturated heterocycles. The largest absolute Gasteiger partial charge is 0.387 e. The standard InChI is InChI=1S/C18H34O8/c1-21-18(22-2,23-3)11-9-7-5-4-6-8-10-12-24-16-14(20)13(19)15-17(25-15)26-16/h13-17,19-20H,4-12H2,1-3H3. The van der Waals surface area contributed by atoms with Gasteiger partial charge in [0, 0.05) is 34.4 Å². The van der Waals surface area contributed by atoms with Gasteiger partial charge in [0.05, 0.1) is 0 Å². The number of rotatable bonds is 14.